The summed E-state index contributed by atoms with van der Waals surface area (Å²) in [6.07, 6.45) is 2.82. The fourth-order valence-corrected chi connectivity index (χ4v) is 6.37. The minimum atomic E-state index is 0.760. The molecule has 0 amide bonds. The van der Waals surface area contributed by atoms with E-state index in [0.717, 1.165) is 57.0 Å². The largest absolute Gasteiger partial charge is 0.228 e. The molecular formula is C32H25BrN2. The van der Waals surface area contributed by atoms with Gasteiger partial charge in [-0.15, -0.1) is 0 Å². The average Bonchev–Trinajstić information content (AvgIpc) is 3.47. The highest BCUT2D eigenvalue weighted by Gasteiger charge is 2.56. The Morgan fingerprint density at radius 1 is 0.657 bits per heavy atom. The van der Waals surface area contributed by atoms with E-state index < -0.39 is 0 Å². The number of halogens is 1. The fourth-order valence-electron chi connectivity index (χ4n) is 5.88. The lowest BCUT2D eigenvalue weighted by Crippen LogP contribution is -1.97. The molecule has 0 N–H and O–H groups in total. The molecule has 2 atom stereocenters. The Bertz CT molecular complexity index is 1530. The zero-order valence-electron chi connectivity index (χ0n) is 19.4. The SMILES string of the molecule is BrCc1ccc(-c2cc(-c3ccc(C4C5CCC54)cc3)nc(-c3ccccc3)n2)c2ccccc12. The van der Waals surface area contributed by atoms with Crippen molar-refractivity contribution in [2.45, 2.75) is 24.1 Å². The molecule has 2 unspecified atom stereocenters. The van der Waals surface area contributed by atoms with Gasteiger partial charge in [-0.3, -0.25) is 0 Å². The van der Waals surface area contributed by atoms with Gasteiger partial charge in [0.2, 0.25) is 0 Å². The van der Waals surface area contributed by atoms with Gasteiger partial charge in [-0.05, 0) is 58.6 Å². The molecule has 1 heterocycles. The van der Waals surface area contributed by atoms with Crippen molar-refractivity contribution in [3.63, 3.8) is 0 Å². The molecule has 2 saturated carbocycles. The van der Waals surface area contributed by atoms with Crippen molar-refractivity contribution < 1.29 is 0 Å². The number of aromatic nitrogens is 2. The Morgan fingerprint density at radius 3 is 2.06 bits per heavy atom. The van der Waals surface area contributed by atoms with E-state index in [1.807, 2.05) is 18.2 Å². The van der Waals surface area contributed by atoms with E-state index in [1.54, 1.807) is 0 Å². The summed E-state index contributed by atoms with van der Waals surface area (Å²) in [5, 5.41) is 3.30. The smallest absolute Gasteiger partial charge is 0.160 e. The molecule has 170 valence electrons. The summed E-state index contributed by atoms with van der Waals surface area (Å²) in [6.45, 7) is 0. The topological polar surface area (TPSA) is 25.8 Å². The molecule has 2 nitrogen and oxygen atoms in total. The second-order valence-corrected chi connectivity index (χ2v) is 10.4. The molecule has 0 bridgehead atoms. The number of fused-ring (bicyclic) bond motifs is 2. The van der Waals surface area contributed by atoms with Crippen LogP contribution in [0.15, 0.2) is 97.1 Å². The molecule has 2 fully saturated rings. The van der Waals surface area contributed by atoms with Gasteiger partial charge < -0.3 is 0 Å². The van der Waals surface area contributed by atoms with Crippen LogP contribution in [0.25, 0.3) is 44.7 Å². The first-order valence-electron chi connectivity index (χ1n) is 12.4. The maximum Gasteiger partial charge on any atom is 0.160 e. The molecule has 0 spiro atoms. The minimum Gasteiger partial charge on any atom is -0.228 e. The van der Waals surface area contributed by atoms with Gasteiger partial charge in [0.15, 0.2) is 5.82 Å². The quantitative estimate of drug-likeness (QED) is 0.218. The van der Waals surface area contributed by atoms with E-state index in [-0.39, 0.29) is 0 Å². The van der Waals surface area contributed by atoms with Crippen molar-refractivity contribution in [2.24, 2.45) is 11.8 Å². The van der Waals surface area contributed by atoms with Crippen LogP contribution in [-0.4, -0.2) is 9.97 Å². The first-order chi connectivity index (χ1) is 17.3. The highest BCUT2D eigenvalue weighted by molar-refractivity contribution is 9.08. The van der Waals surface area contributed by atoms with Crippen LogP contribution < -0.4 is 0 Å². The number of nitrogens with zero attached hydrogens (tertiary/aromatic N) is 2. The lowest BCUT2D eigenvalue weighted by molar-refractivity contribution is 0.468. The monoisotopic (exact) mass is 516 g/mol. The molecule has 0 saturated heterocycles. The second kappa shape index (κ2) is 8.42. The minimum absolute atomic E-state index is 0.760. The van der Waals surface area contributed by atoms with Gasteiger partial charge in [0, 0.05) is 22.0 Å². The summed E-state index contributed by atoms with van der Waals surface area (Å²) < 4.78 is 0. The summed E-state index contributed by atoms with van der Waals surface area (Å²) in [6, 6.07) is 34.6. The molecule has 0 aliphatic heterocycles. The van der Waals surface area contributed by atoms with Crippen LogP contribution in [0.5, 0.6) is 0 Å². The summed E-state index contributed by atoms with van der Waals surface area (Å²) in [4.78, 5) is 10.1. The van der Waals surface area contributed by atoms with Gasteiger partial charge in [0.1, 0.15) is 0 Å². The van der Waals surface area contributed by atoms with E-state index in [1.165, 1.54) is 34.7 Å². The van der Waals surface area contributed by atoms with Crippen molar-refractivity contribution in [1.82, 2.24) is 9.97 Å². The van der Waals surface area contributed by atoms with E-state index in [9.17, 15) is 0 Å². The maximum absolute atomic E-state index is 5.07. The average molecular weight is 517 g/mol. The van der Waals surface area contributed by atoms with Crippen LogP contribution in [0.4, 0.5) is 0 Å². The third-order valence-electron chi connectivity index (χ3n) is 7.95. The van der Waals surface area contributed by atoms with Crippen LogP contribution in [-0.2, 0) is 5.33 Å². The highest BCUT2D eigenvalue weighted by Crippen LogP contribution is 2.66. The normalized spacial score (nSPS) is 20.3. The molecule has 1 aromatic heterocycles. The van der Waals surface area contributed by atoms with Crippen molar-refractivity contribution in [3.05, 3.63) is 108 Å². The molecule has 4 aromatic carbocycles. The zero-order valence-corrected chi connectivity index (χ0v) is 20.9. The number of hydrogen-bond acceptors (Lipinski definition) is 2. The van der Waals surface area contributed by atoms with Crippen LogP contribution in [0.1, 0.15) is 29.9 Å². The number of rotatable bonds is 5. The third kappa shape index (κ3) is 3.61. The summed E-state index contributed by atoms with van der Waals surface area (Å²) in [5.41, 5.74) is 8.01. The van der Waals surface area contributed by atoms with Crippen molar-refractivity contribution in [3.8, 4) is 33.9 Å². The van der Waals surface area contributed by atoms with Crippen molar-refractivity contribution >= 4 is 26.7 Å². The van der Waals surface area contributed by atoms with Gasteiger partial charge in [-0.2, -0.15) is 0 Å². The molecule has 5 aromatic rings. The Hall–Kier alpha value is -3.30. The van der Waals surface area contributed by atoms with Gasteiger partial charge in [-0.25, -0.2) is 9.97 Å². The second-order valence-electron chi connectivity index (χ2n) is 9.83. The molecular weight excluding hydrogens is 492 g/mol. The summed E-state index contributed by atoms with van der Waals surface area (Å²) in [5.74, 6) is 3.46. The van der Waals surface area contributed by atoms with E-state index in [2.05, 4.69) is 94.8 Å². The lowest BCUT2D eigenvalue weighted by atomic mass is 9.97. The van der Waals surface area contributed by atoms with Gasteiger partial charge in [0.25, 0.3) is 0 Å². The van der Waals surface area contributed by atoms with Gasteiger partial charge in [-0.1, -0.05) is 107 Å². The van der Waals surface area contributed by atoms with Crippen molar-refractivity contribution in [1.29, 1.82) is 0 Å². The predicted octanol–water partition coefficient (Wildman–Crippen LogP) is 8.65. The van der Waals surface area contributed by atoms with Crippen LogP contribution in [0.3, 0.4) is 0 Å². The molecule has 3 heteroatoms. The van der Waals surface area contributed by atoms with Gasteiger partial charge >= 0.3 is 0 Å². The first-order valence-corrected chi connectivity index (χ1v) is 13.5. The Kier molecular flexibility index (Phi) is 5.06. The molecule has 2 aliphatic rings. The van der Waals surface area contributed by atoms with E-state index in [4.69, 9.17) is 9.97 Å². The maximum atomic E-state index is 5.07. The Balaban J connectivity index is 1.37. The third-order valence-corrected chi connectivity index (χ3v) is 8.55. The van der Waals surface area contributed by atoms with Crippen LogP contribution >= 0.6 is 15.9 Å². The Labute approximate surface area is 214 Å². The first kappa shape index (κ1) is 21.0. The molecule has 7 rings (SSSR count). The molecule has 35 heavy (non-hydrogen) atoms. The summed E-state index contributed by atoms with van der Waals surface area (Å²) in [7, 11) is 0. The van der Waals surface area contributed by atoms with Crippen LogP contribution in [0, 0.1) is 11.8 Å². The standard InChI is InChI=1S/C32H25BrN2/c33-19-23-14-15-26(25-9-5-4-8-24(23)25)30-18-29(34-32(35-30)22-6-2-1-3-7-22)20-10-12-21(13-11-20)31-27-16-17-28(27)31/h1-15,18,27-28,31H,16-17,19H2. The van der Waals surface area contributed by atoms with Gasteiger partial charge in [0.05, 0.1) is 11.4 Å². The lowest BCUT2D eigenvalue weighted by Gasteiger charge is -2.13. The number of alkyl halides is 1. The fraction of sp³-hybridized carbons (Fsp3) is 0.188. The number of hydrogen-bond donors (Lipinski definition) is 0. The van der Waals surface area contributed by atoms with E-state index in [0.29, 0.717) is 0 Å². The predicted molar refractivity (Wildman–Crippen MR) is 147 cm³/mol. The molecule has 2 aliphatic carbocycles. The van der Waals surface area contributed by atoms with E-state index >= 15 is 0 Å². The zero-order chi connectivity index (χ0) is 23.4. The number of benzene rings is 4. The highest BCUT2D eigenvalue weighted by atomic mass is 79.9. The molecule has 0 radical (unpaired) electrons. The van der Waals surface area contributed by atoms with Crippen molar-refractivity contribution in [2.75, 3.05) is 0 Å². The Morgan fingerprint density at radius 2 is 1.34 bits per heavy atom. The summed E-state index contributed by atoms with van der Waals surface area (Å²) >= 11 is 3.65. The van der Waals surface area contributed by atoms with Crippen LogP contribution in [0.2, 0.25) is 0 Å².